The standard InChI is InChI=1S/C26H19ClF6N2O4/c1-38-18-13-17-20(21(27)22(18)39-2)23(36)35(19(34-17)12-14-6-4-3-5-7-14)16-10-8-15(9-11-16)24(37,25(28,29)30)26(31,32)33/h3-11,13,37H,12H2,1-2H3. The zero-order chi connectivity index (χ0) is 28.8. The topological polar surface area (TPSA) is 73.6 Å². The average molecular weight is 573 g/mol. The maximum Gasteiger partial charge on any atom is 0.430 e. The summed E-state index contributed by atoms with van der Waals surface area (Å²) in [7, 11) is 2.66. The minimum absolute atomic E-state index is 0.0312. The Hall–Kier alpha value is -3.77. The second-order valence-electron chi connectivity index (χ2n) is 8.40. The number of methoxy groups -OCH3 is 2. The van der Waals surface area contributed by atoms with Crippen molar-refractivity contribution in [1.29, 1.82) is 0 Å². The van der Waals surface area contributed by atoms with Gasteiger partial charge in [0.05, 0.1) is 30.8 Å². The van der Waals surface area contributed by atoms with Crippen molar-refractivity contribution < 1.29 is 40.9 Å². The van der Waals surface area contributed by atoms with E-state index >= 15 is 0 Å². The second-order valence-corrected chi connectivity index (χ2v) is 8.78. The van der Waals surface area contributed by atoms with Gasteiger partial charge in [-0.1, -0.05) is 54.1 Å². The minimum atomic E-state index is -6.06. The van der Waals surface area contributed by atoms with Gasteiger partial charge in [-0.25, -0.2) is 4.98 Å². The van der Waals surface area contributed by atoms with E-state index in [1.165, 1.54) is 20.3 Å². The lowest BCUT2D eigenvalue weighted by Gasteiger charge is -2.32. The van der Waals surface area contributed by atoms with Crippen LogP contribution < -0.4 is 15.0 Å². The molecular formula is C26H19ClF6N2O4. The molecule has 4 aromatic rings. The van der Waals surface area contributed by atoms with Gasteiger partial charge in [-0.15, -0.1) is 0 Å². The second kappa shape index (κ2) is 10.1. The molecule has 0 radical (unpaired) electrons. The summed E-state index contributed by atoms with van der Waals surface area (Å²) in [6.45, 7) is 0. The molecule has 0 aliphatic rings. The highest BCUT2D eigenvalue weighted by Gasteiger charge is 2.71. The van der Waals surface area contributed by atoms with Gasteiger partial charge in [-0.05, 0) is 17.7 Å². The fourth-order valence-corrected chi connectivity index (χ4v) is 4.50. The molecule has 0 saturated heterocycles. The first kappa shape index (κ1) is 28.2. The number of hydrogen-bond donors (Lipinski definition) is 1. The normalized spacial score (nSPS) is 12.6. The molecule has 0 spiro atoms. The Kier molecular flexibility index (Phi) is 7.30. The fraction of sp³-hybridized carbons (Fsp3) is 0.231. The van der Waals surface area contributed by atoms with Gasteiger partial charge in [0.1, 0.15) is 10.8 Å². The lowest BCUT2D eigenvalue weighted by atomic mass is 9.92. The summed E-state index contributed by atoms with van der Waals surface area (Å²) in [5, 5.41) is 9.47. The van der Waals surface area contributed by atoms with E-state index in [1.54, 1.807) is 30.3 Å². The molecule has 1 aromatic heterocycles. The maximum absolute atomic E-state index is 13.8. The van der Waals surface area contributed by atoms with Crippen LogP contribution in [0.4, 0.5) is 26.3 Å². The van der Waals surface area contributed by atoms with Crippen LogP contribution in [0.25, 0.3) is 16.6 Å². The Morgan fingerprint density at radius 2 is 1.51 bits per heavy atom. The number of fused-ring (bicyclic) bond motifs is 1. The van der Waals surface area contributed by atoms with Gasteiger partial charge < -0.3 is 14.6 Å². The smallest absolute Gasteiger partial charge is 0.430 e. The van der Waals surface area contributed by atoms with Gasteiger partial charge in [0.15, 0.2) is 11.5 Å². The summed E-state index contributed by atoms with van der Waals surface area (Å²) in [4.78, 5) is 18.3. The third-order valence-corrected chi connectivity index (χ3v) is 6.44. The molecule has 1 N–H and O–H groups in total. The highest BCUT2D eigenvalue weighted by Crippen LogP contribution is 2.50. The van der Waals surface area contributed by atoms with E-state index in [4.69, 9.17) is 21.1 Å². The first-order chi connectivity index (χ1) is 18.2. The third kappa shape index (κ3) is 4.78. The van der Waals surface area contributed by atoms with Crippen molar-refractivity contribution in [3.8, 4) is 17.2 Å². The molecule has 0 amide bonds. The molecule has 0 atom stereocenters. The summed E-state index contributed by atoms with van der Waals surface area (Å²) in [6, 6.07) is 12.8. The molecule has 4 rings (SSSR count). The van der Waals surface area contributed by atoms with Crippen LogP contribution in [0, 0.1) is 0 Å². The zero-order valence-electron chi connectivity index (χ0n) is 20.2. The minimum Gasteiger partial charge on any atom is -0.493 e. The van der Waals surface area contributed by atoms with Gasteiger partial charge in [0, 0.05) is 18.1 Å². The third-order valence-electron chi connectivity index (χ3n) is 6.08. The van der Waals surface area contributed by atoms with E-state index in [2.05, 4.69) is 4.98 Å². The maximum atomic E-state index is 13.8. The van der Waals surface area contributed by atoms with Crippen LogP contribution in [0.3, 0.4) is 0 Å². The number of alkyl halides is 6. The van der Waals surface area contributed by atoms with Crippen LogP contribution in [0.1, 0.15) is 17.0 Å². The Morgan fingerprint density at radius 1 is 0.923 bits per heavy atom. The van der Waals surface area contributed by atoms with E-state index in [1.807, 2.05) is 0 Å². The number of aromatic nitrogens is 2. The van der Waals surface area contributed by atoms with Crippen molar-refractivity contribution in [3.63, 3.8) is 0 Å². The zero-order valence-corrected chi connectivity index (χ0v) is 20.9. The molecule has 6 nitrogen and oxygen atoms in total. The lowest BCUT2D eigenvalue weighted by Crippen LogP contribution is -2.53. The molecule has 0 aliphatic carbocycles. The molecule has 0 fully saturated rings. The van der Waals surface area contributed by atoms with Crippen LogP contribution in [-0.2, 0) is 12.0 Å². The molecule has 0 aliphatic heterocycles. The first-order valence-electron chi connectivity index (χ1n) is 11.1. The van der Waals surface area contributed by atoms with Gasteiger partial charge in [0.2, 0.25) is 0 Å². The van der Waals surface area contributed by atoms with E-state index in [-0.39, 0.29) is 45.4 Å². The van der Waals surface area contributed by atoms with Gasteiger partial charge in [-0.3, -0.25) is 9.36 Å². The van der Waals surface area contributed by atoms with Gasteiger partial charge in [0.25, 0.3) is 11.2 Å². The van der Waals surface area contributed by atoms with E-state index in [0.29, 0.717) is 17.7 Å². The molecule has 13 heteroatoms. The highest BCUT2D eigenvalue weighted by atomic mass is 35.5. The van der Waals surface area contributed by atoms with E-state index in [0.717, 1.165) is 16.7 Å². The molecule has 3 aromatic carbocycles. The van der Waals surface area contributed by atoms with Crippen molar-refractivity contribution in [2.75, 3.05) is 14.2 Å². The van der Waals surface area contributed by atoms with Gasteiger partial charge in [-0.2, -0.15) is 26.3 Å². The molecule has 1 heterocycles. The summed E-state index contributed by atoms with van der Waals surface area (Å²) < 4.78 is 91.7. The van der Waals surface area contributed by atoms with E-state index in [9.17, 15) is 36.2 Å². The monoisotopic (exact) mass is 572 g/mol. The molecular weight excluding hydrogens is 554 g/mol. The molecule has 0 unspecified atom stereocenters. The Morgan fingerprint density at radius 3 is 2.03 bits per heavy atom. The van der Waals surface area contributed by atoms with Crippen molar-refractivity contribution in [2.24, 2.45) is 0 Å². The quantitative estimate of drug-likeness (QED) is 0.289. The summed E-state index contributed by atoms with van der Waals surface area (Å²) in [5.41, 5.74) is -6.62. The Bertz CT molecular complexity index is 1560. The SMILES string of the molecule is COc1cc2nc(Cc3ccccc3)n(-c3ccc(C(O)(C(F)(F)F)C(F)(F)F)cc3)c(=O)c2c(Cl)c1OC. The number of halogens is 7. The first-order valence-corrected chi connectivity index (χ1v) is 11.5. The number of aliphatic hydroxyl groups is 1. The van der Waals surface area contributed by atoms with Crippen LogP contribution in [0.2, 0.25) is 5.02 Å². The predicted molar refractivity (Wildman–Crippen MR) is 131 cm³/mol. The van der Waals surface area contributed by atoms with Crippen molar-refractivity contribution in [1.82, 2.24) is 9.55 Å². The van der Waals surface area contributed by atoms with E-state index < -0.39 is 29.1 Å². The van der Waals surface area contributed by atoms with Gasteiger partial charge >= 0.3 is 12.4 Å². The highest BCUT2D eigenvalue weighted by molar-refractivity contribution is 6.37. The predicted octanol–water partition coefficient (Wildman–Crippen LogP) is 5.96. The number of rotatable bonds is 6. The van der Waals surface area contributed by atoms with Crippen LogP contribution in [0.15, 0.2) is 65.5 Å². The molecule has 0 saturated carbocycles. The molecule has 206 valence electrons. The van der Waals surface area contributed by atoms with Crippen molar-refractivity contribution in [2.45, 2.75) is 24.4 Å². The number of hydrogen-bond acceptors (Lipinski definition) is 5. The van der Waals surface area contributed by atoms with Crippen LogP contribution >= 0.6 is 11.6 Å². The Labute approximate surface area is 222 Å². The fourth-order valence-electron chi connectivity index (χ4n) is 4.15. The number of benzene rings is 3. The summed E-state index contributed by atoms with van der Waals surface area (Å²) in [5.74, 6) is 0.327. The largest absolute Gasteiger partial charge is 0.493 e. The summed E-state index contributed by atoms with van der Waals surface area (Å²) in [6.07, 6.45) is -12.1. The summed E-state index contributed by atoms with van der Waals surface area (Å²) >= 11 is 6.45. The number of ether oxygens (including phenoxy) is 2. The molecule has 39 heavy (non-hydrogen) atoms. The Balaban J connectivity index is 1.99. The van der Waals surface area contributed by atoms with Crippen LogP contribution in [0.5, 0.6) is 11.5 Å². The average Bonchev–Trinajstić information content (AvgIpc) is 2.87. The lowest BCUT2D eigenvalue weighted by molar-refractivity contribution is -0.376. The van der Waals surface area contributed by atoms with Crippen molar-refractivity contribution in [3.05, 3.63) is 93.0 Å². The molecule has 0 bridgehead atoms. The number of nitrogens with zero attached hydrogens (tertiary/aromatic N) is 2. The van der Waals surface area contributed by atoms with Crippen molar-refractivity contribution >= 4 is 22.5 Å². The van der Waals surface area contributed by atoms with Crippen LogP contribution in [-0.4, -0.2) is 41.2 Å².